The Kier molecular flexibility index (Phi) is 3.28. The summed E-state index contributed by atoms with van der Waals surface area (Å²) in [7, 11) is 0. The van der Waals surface area contributed by atoms with Crippen LogP contribution in [0.4, 0.5) is 10.5 Å². The van der Waals surface area contributed by atoms with Crippen LogP contribution in [0.3, 0.4) is 0 Å². The molecule has 0 aliphatic carbocycles. The van der Waals surface area contributed by atoms with Gasteiger partial charge in [-0.15, -0.1) is 0 Å². The molecule has 0 bridgehead atoms. The lowest BCUT2D eigenvalue weighted by molar-refractivity contribution is 0.0697. The monoisotopic (exact) mass is 307 g/mol. The smallest absolute Gasteiger partial charge is 0.409 e. The standard InChI is InChI=1S/C8H6INO4/c9-4-2-1-3-5(10-8(13)14)6(4)7(11)12/h1-3,10H,(H,11,12)(H,13,14). The maximum absolute atomic E-state index is 10.8. The molecular weight excluding hydrogens is 301 g/mol. The molecule has 1 amide bonds. The van der Waals surface area contributed by atoms with E-state index in [1.165, 1.54) is 6.07 Å². The summed E-state index contributed by atoms with van der Waals surface area (Å²) in [5, 5.41) is 19.3. The molecule has 1 aromatic rings. The Morgan fingerprint density at radius 3 is 2.43 bits per heavy atom. The molecule has 0 aromatic heterocycles. The minimum atomic E-state index is -1.28. The van der Waals surface area contributed by atoms with E-state index in [1.54, 1.807) is 12.1 Å². The average molecular weight is 307 g/mol. The molecule has 5 nitrogen and oxygen atoms in total. The van der Waals surface area contributed by atoms with Gasteiger partial charge in [0.15, 0.2) is 0 Å². The second-order valence-corrected chi connectivity index (χ2v) is 3.56. The van der Waals surface area contributed by atoms with Crippen LogP contribution in [0.25, 0.3) is 0 Å². The number of hydrogen-bond acceptors (Lipinski definition) is 2. The van der Waals surface area contributed by atoms with Crippen LogP contribution in [0.5, 0.6) is 0 Å². The SMILES string of the molecule is O=C(O)Nc1cccc(I)c1C(=O)O. The molecule has 0 saturated heterocycles. The predicted octanol–water partition coefficient (Wildman–Crippen LogP) is 2.08. The molecule has 0 unspecified atom stereocenters. The summed E-state index contributed by atoms with van der Waals surface area (Å²) in [5.74, 6) is -1.15. The fraction of sp³-hybridized carbons (Fsp3) is 0. The Labute approximate surface area is 92.9 Å². The van der Waals surface area contributed by atoms with Crippen molar-refractivity contribution in [3.8, 4) is 0 Å². The van der Waals surface area contributed by atoms with Gasteiger partial charge >= 0.3 is 12.1 Å². The van der Waals surface area contributed by atoms with E-state index in [-0.39, 0.29) is 11.3 Å². The Morgan fingerprint density at radius 1 is 1.29 bits per heavy atom. The van der Waals surface area contributed by atoms with Crippen LogP contribution in [0, 0.1) is 3.57 Å². The molecule has 74 valence electrons. The number of rotatable bonds is 2. The molecule has 0 fully saturated rings. The largest absolute Gasteiger partial charge is 0.478 e. The summed E-state index contributed by atoms with van der Waals surface area (Å²) in [5.41, 5.74) is 0.0485. The lowest BCUT2D eigenvalue weighted by Gasteiger charge is -2.06. The van der Waals surface area contributed by atoms with Gasteiger partial charge in [0.1, 0.15) is 0 Å². The highest BCUT2D eigenvalue weighted by molar-refractivity contribution is 14.1. The first kappa shape index (κ1) is 10.8. The van der Waals surface area contributed by atoms with Crippen molar-refractivity contribution in [2.24, 2.45) is 0 Å². The zero-order valence-electron chi connectivity index (χ0n) is 6.82. The summed E-state index contributed by atoms with van der Waals surface area (Å²) < 4.78 is 0.487. The van der Waals surface area contributed by atoms with Gasteiger partial charge in [-0.25, -0.2) is 9.59 Å². The first-order chi connectivity index (χ1) is 6.52. The van der Waals surface area contributed by atoms with Crippen LogP contribution in [0.2, 0.25) is 0 Å². The number of anilines is 1. The van der Waals surface area contributed by atoms with E-state index in [0.717, 1.165) is 0 Å². The molecular formula is C8H6INO4. The first-order valence-corrected chi connectivity index (χ1v) is 4.62. The van der Waals surface area contributed by atoms with Crippen molar-refractivity contribution in [3.05, 3.63) is 27.3 Å². The van der Waals surface area contributed by atoms with Crippen molar-refractivity contribution in [2.75, 3.05) is 5.32 Å². The predicted molar refractivity (Wildman–Crippen MR) is 57.8 cm³/mol. The second kappa shape index (κ2) is 4.27. The topological polar surface area (TPSA) is 86.6 Å². The van der Waals surface area contributed by atoms with E-state index < -0.39 is 12.1 Å². The summed E-state index contributed by atoms with van der Waals surface area (Å²) >= 11 is 1.83. The fourth-order valence-electron chi connectivity index (χ4n) is 0.961. The minimum Gasteiger partial charge on any atom is -0.478 e. The highest BCUT2D eigenvalue weighted by Crippen LogP contribution is 2.21. The lowest BCUT2D eigenvalue weighted by atomic mass is 10.2. The van der Waals surface area contributed by atoms with E-state index in [0.29, 0.717) is 3.57 Å². The maximum Gasteiger partial charge on any atom is 0.409 e. The lowest BCUT2D eigenvalue weighted by Crippen LogP contribution is -2.12. The molecule has 14 heavy (non-hydrogen) atoms. The van der Waals surface area contributed by atoms with Gasteiger partial charge in [-0.3, -0.25) is 5.32 Å². The zero-order valence-corrected chi connectivity index (χ0v) is 8.98. The summed E-state index contributed by atoms with van der Waals surface area (Å²) in [6.45, 7) is 0. The van der Waals surface area contributed by atoms with Gasteiger partial charge in [-0.1, -0.05) is 6.07 Å². The van der Waals surface area contributed by atoms with Crippen molar-refractivity contribution < 1.29 is 19.8 Å². The number of amides is 1. The maximum atomic E-state index is 10.8. The molecule has 0 heterocycles. The van der Waals surface area contributed by atoms with E-state index in [9.17, 15) is 9.59 Å². The summed E-state index contributed by atoms with van der Waals surface area (Å²) in [6, 6.07) is 4.58. The Bertz CT molecular complexity index is 391. The van der Waals surface area contributed by atoms with Crippen LogP contribution < -0.4 is 5.32 Å². The average Bonchev–Trinajstić information content (AvgIpc) is 2.01. The summed E-state index contributed by atoms with van der Waals surface area (Å²) in [4.78, 5) is 21.1. The number of hydrogen-bond donors (Lipinski definition) is 3. The molecule has 1 aromatic carbocycles. The molecule has 1 rings (SSSR count). The number of halogens is 1. The third kappa shape index (κ3) is 2.34. The van der Waals surface area contributed by atoms with E-state index in [2.05, 4.69) is 0 Å². The number of nitrogens with one attached hydrogen (secondary N) is 1. The van der Waals surface area contributed by atoms with Crippen molar-refractivity contribution in [1.29, 1.82) is 0 Å². The van der Waals surface area contributed by atoms with Gasteiger partial charge in [0.05, 0.1) is 11.3 Å². The van der Waals surface area contributed by atoms with Crippen molar-refractivity contribution in [2.45, 2.75) is 0 Å². The van der Waals surface area contributed by atoms with Crippen molar-refractivity contribution >= 4 is 40.3 Å². The number of carboxylic acids is 1. The van der Waals surface area contributed by atoms with Crippen LogP contribution in [0.1, 0.15) is 10.4 Å². The molecule has 0 atom stereocenters. The fourth-order valence-corrected chi connectivity index (χ4v) is 1.69. The second-order valence-electron chi connectivity index (χ2n) is 2.40. The van der Waals surface area contributed by atoms with E-state index in [1.807, 2.05) is 27.9 Å². The highest BCUT2D eigenvalue weighted by Gasteiger charge is 2.14. The van der Waals surface area contributed by atoms with Crippen LogP contribution in [-0.4, -0.2) is 22.3 Å². The van der Waals surface area contributed by atoms with Crippen LogP contribution in [-0.2, 0) is 0 Å². The molecule has 0 aliphatic heterocycles. The highest BCUT2D eigenvalue weighted by atomic mass is 127. The van der Waals surface area contributed by atoms with E-state index in [4.69, 9.17) is 10.2 Å². The van der Waals surface area contributed by atoms with Crippen LogP contribution >= 0.6 is 22.6 Å². The summed E-state index contributed by atoms with van der Waals surface area (Å²) in [6.07, 6.45) is -1.28. The van der Waals surface area contributed by atoms with Crippen LogP contribution in [0.15, 0.2) is 18.2 Å². The van der Waals surface area contributed by atoms with Gasteiger partial charge < -0.3 is 10.2 Å². The normalized spacial score (nSPS) is 9.50. The minimum absolute atomic E-state index is 0.0319. The quantitative estimate of drug-likeness (QED) is 0.730. The molecule has 0 spiro atoms. The van der Waals surface area contributed by atoms with Gasteiger partial charge in [0.25, 0.3) is 0 Å². The van der Waals surface area contributed by atoms with Crippen molar-refractivity contribution in [3.63, 3.8) is 0 Å². The molecule has 6 heteroatoms. The van der Waals surface area contributed by atoms with Gasteiger partial charge in [0.2, 0.25) is 0 Å². The van der Waals surface area contributed by atoms with Gasteiger partial charge in [-0.2, -0.15) is 0 Å². The Hall–Kier alpha value is -1.31. The van der Waals surface area contributed by atoms with Crippen molar-refractivity contribution in [1.82, 2.24) is 0 Å². The number of benzene rings is 1. The zero-order chi connectivity index (χ0) is 10.7. The Balaban J connectivity index is 3.21. The van der Waals surface area contributed by atoms with Gasteiger partial charge in [-0.05, 0) is 34.7 Å². The number of aromatic carboxylic acids is 1. The first-order valence-electron chi connectivity index (χ1n) is 3.54. The number of carbonyl (C=O) groups is 2. The molecule has 3 N–H and O–H groups in total. The van der Waals surface area contributed by atoms with Gasteiger partial charge in [0, 0.05) is 3.57 Å². The third-order valence-corrected chi connectivity index (χ3v) is 2.37. The Morgan fingerprint density at radius 2 is 1.93 bits per heavy atom. The molecule has 0 saturated carbocycles. The van der Waals surface area contributed by atoms with E-state index >= 15 is 0 Å². The third-order valence-electron chi connectivity index (χ3n) is 1.47. The molecule has 0 radical (unpaired) electrons. The molecule has 0 aliphatic rings. The number of carboxylic acid groups (broad SMARTS) is 2.